The first-order valence-electron chi connectivity index (χ1n) is 43.4. The molecule has 0 unspecified atom stereocenters. The van der Waals surface area contributed by atoms with Gasteiger partial charge in [-0.25, -0.2) is 4.98 Å². The smallest absolute Gasteiger partial charge is 0.312 e. The van der Waals surface area contributed by atoms with Crippen LogP contribution in [0.15, 0.2) is 130 Å². The van der Waals surface area contributed by atoms with Gasteiger partial charge in [0.1, 0.15) is 58.4 Å². The third-order valence-corrected chi connectivity index (χ3v) is 25.5. The topological polar surface area (TPSA) is 439 Å². The number of nitrogens with one attached hydrogen (secondary N) is 5. The SMILES string of the molecule is CC[C@H](C)[C@H](NC(=O)[C@@H]1CCCN1C(=O)CNC(=O)CCN1C(=O)C=CC1=O)C(=O)N(C)[C@@H](CC(C)C)C(=O)N[C@@H](Cc1ccccc1)C(=O)C[C@@H](Cc1ccccc1)C(=O)NC1CCN(c2cc(O)c3nc4c5c6c7c(C)c(O)c5c(=O)c(c-4oc3c2)NC(=O)/C(C)=C\C=C\[C@H](C)[C@H](O)[C@@H](C)[C@@H](O)C(C)(C)[C@H](OC(C)=O)[C@H](C)[C@@H](OC)/C=C/O[C@@](C)(O7)C6=O)CC1. The monoisotopic (exact) mass is 1750 g/mol. The number of hydrogen-bond donors (Lipinski definition) is 9. The van der Waals surface area contributed by atoms with Gasteiger partial charge in [0.25, 0.3) is 23.5 Å². The Labute approximate surface area is 737 Å². The number of aromatic nitrogens is 1. The van der Waals surface area contributed by atoms with E-state index >= 15 is 28.8 Å². The number of aliphatic hydroxyl groups excluding tert-OH is 2. The Morgan fingerprint density at radius 1 is 0.811 bits per heavy atom. The van der Waals surface area contributed by atoms with Crippen LogP contribution in [0.4, 0.5) is 11.4 Å². The second kappa shape index (κ2) is 40.6. The van der Waals surface area contributed by atoms with Crippen LogP contribution >= 0.6 is 0 Å². The molecule has 12 rings (SSSR count). The second-order valence-corrected chi connectivity index (χ2v) is 35.4. The molecule has 0 spiro atoms. The molecular formula is C95H118N10O22. The van der Waals surface area contributed by atoms with Crippen molar-refractivity contribution >= 4 is 104 Å². The summed E-state index contributed by atoms with van der Waals surface area (Å²) in [4.78, 5) is 194. The van der Waals surface area contributed by atoms with Crippen LogP contribution in [-0.2, 0) is 79.8 Å². The number of amides is 9. The number of hydrogen-bond acceptors (Lipinski definition) is 24. The maximum Gasteiger partial charge on any atom is 0.312 e. The normalized spacial score (nSPS) is 23.8. The number of nitrogens with zero attached hydrogens (tertiary/aromatic N) is 5. The number of Topliss-reactive ketones (excluding diaryl/α,β-unsaturated/α-hetero) is 2. The van der Waals surface area contributed by atoms with Gasteiger partial charge in [-0.3, -0.25) is 67.2 Å². The Hall–Kier alpha value is -12.2. The lowest BCUT2D eigenvalue weighted by atomic mass is 9.69. The van der Waals surface area contributed by atoms with Crippen LogP contribution in [0.25, 0.3) is 33.3 Å². The molecule has 32 heteroatoms. The number of likely N-dealkylation sites (N-methyl/N-ethyl adjacent to an activating group) is 1. The van der Waals surface area contributed by atoms with E-state index in [1.54, 1.807) is 65.8 Å². The van der Waals surface area contributed by atoms with E-state index in [-0.39, 0.29) is 108 Å². The first-order valence-corrected chi connectivity index (χ1v) is 43.4. The number of aliphatic hydroxyl groups is 2. The zero-order valence-electron chi connectivity index (χ0n) is 74.6. The van der Waals surface area contributed by atoms with Crippen molar-refractivity contribution in [1.82, 2.24) is 41.0 Å². The van der Waals surface area contributed by atoms with Gasteiger partial charge >= 0.3 is 11.8 Å². The fourth-order valence-electron chi connectivity index (χ4n) is 17.7. The van der Waals surface area contributed by atoms with E-state index in [0.717, 1.165) is 22.6 Å². The first kappa shape index (κ1) is 95.5. The lowest BCUT2D eigenvalue weighted by molar-refractivity contribution is -0.175. The number of imide groups is 1. The molecule has 0 radical (unpaired) electrons. The van der Waals surface area contributed by atoms with Crippen molar-refractivity contribution in [3.8, 4) is 28.7 Å². The molecular weight excluding hydrogens is 1630 g/mol. The number of methoxy groups -OCH3 is 1. The summed E-state index contributed by atoms with van der Waals surface area (Å²) >= 11 is 0. The molecule has 7 aliphatic heterocycles. The minimum atomic E-state index is -2.21. The van der Waals surface area contributed by atoms with E-state index in [9.17, 15) is 54.0 Å². The molecule has 8 aliphatic rings. The molecule has 2 saturated heterocycles. The highest BCUT2D eigenvalue weighted by atomic mass is 16.7. The lowest BCUT2D eigenvalue weighted by Crippen LogP contribution is -2.60. The number of ketones is 2. The number of aromatic hydroxyl groups is 2. The van der Waals surface area contributed by atoms with Crippen LogP contribution in [0.1, 0.15) is 161 Å². The van der Waals surface area contributed by atoms with E-state index in [1.165, 1.54) is 82.2 Å². The molecule has 9 N–H and O–H groups in total. The molecule has 32 nitrogen and oxygen atoms in total. The molecule has 7 heterocycles. The summed E-state index contributed by atoms with van der Waals surface area (Å²) in [5.74, 6) is -14.9. The third kappa shape index (κ3) is 21.3. The van der Waals surface area contributed by atoms with Gasteiger partial charge in [0.2, 0.25) is 40.9 Å². The molecule has 5 bridgehead atoms. The van der Waals surface area contributed by atoms with E-state index in [0.29, 0.717) is 50.0 Å². The van der Waals surface area contributed by atoms with Gasteiger partial charge in [-0.2, -0.15) is 0 Å². The average Bonchev–Trinajstić information content (AvgIpc) is 1.59. The van der Waals surface area contributed by atoms with Crippen molar-refractivity contribution in [2.24, 2.45) is 40.9 Å². The molecule has 2 fully saturated rings. The largest absolute Gasteiger partial charge is 0.507 e. The van der Waals surface area contributed by atoms with Gasteiger partial charge in [-0.05, 0) is 87.8 Å². The van der Waals surface area contributed by atoms with Crippen LogP contribution in [0.3, 0.4) is 0 Å². The van der Waals surface area contributed by atoms with Crippen molar-refractivity contribution in [2.75, 3.05) is 57.1 Å². The summed E-state index contributed by atoms with van der Waals surface area (Å²) in [5, 5.41) is 61.9. The van der Waals surface area contributed by atoms with Crippen molar-refractivity contribution in [3.63, 3.8) is 0 Å². The van der Waals surface area contributed by atoms with Crippen LogP contribution < -0.4 is 41.6 Å². The van der Waals surface area contributed by atoms with Crippen molar-refractivity contribution in [3.05, 3.63) is 154 Å². The molecule has 680 valence electrons. The van der Waals surface area contributed by atoms with E-state index in [1.807, 2.05) is 74.2 Å². The van der Waals surface area contributed by atoms with Crippen LogP contribution in [0, 0.1) is 47.8 Å². The van der Waals surface area contributed by atoms with Crippen LogP contribution in [0.5, 0.6) is 17.2 Å². The summed E-state index contributed by atoms with van der Waals surface area (Å²) in [6.45, 7) is 21.5. The quantitative estimate of drug-likeness (QED) is 0.0101. The van der Waals surface area contributed by atoms with Gasteiger partial charge in [0.05, 0.1) is 48.1 Å². The number of likely N-dealkylation sites (tertiary alicyclic amines) is 1. The van der Waals surface area contributed by atoms with E-state index < -0.39 is 201 Å². The van der Waals surface area contributed by atoms with Crippen molar-refractivity contribution < 1.29 is 101 Å². The highest BCUT2D eigenvalue weighted by Crippen LogP contribution is 2.52. The number of carbonyl (C=O) groups excluding carboxylic acids is 12. The van der Waals surface area contributed by atoms with Crippen LogP contribution in [0.2, 0.25) is 0 Å². The lowest BCUT2D eigenvalue weighted by Gasteiger charge is -2.45. The fraction of sp³-hybridized carbons (Fsp3) is 0.495. The number of rotatable bonds is 27. The minimum absolute atomic E-state index is 0.0182. The third-order valence-electron chi connectivity index (χ3n) is 25.5. The molecule has 127 heavy (non-hydrogen) atoms. The van der Waals surface area contributed by atoms with Gasteiger partial charge in [0, 0.05) is 149 Å². The Balaban J connectivity index is 0.834. The van der Waals surface area contributed by atoms with Gasteiger partial charge in [-0.15, -0.1) is 0 Å². The molecule has 4 aromatic rings. The number of allylic oxidation sites excluding steroid dienone is 2. The summed E-state index contributed by atoms with van der Waals surface area (Å²) < 4.78 is 31.1. The maximum atomic E-state index is 15.4. The number of anilines is 2. The Bertz CT molecular complexity index is 5330. The minimum Gasteiger partial charge on any atom is -0.507 e. The Kier molecular flexibility index (Phi) is 30.6. The number of phenolic OH excluding ortho intramolecular Hbond substituents is 2. The van der Waals surface area contributed by atoms with Crippen molar-refractivity contribution in [2.45, 2.75) is 215 Å². The van der Waals surface area contributed by atoms with Crippen LogP contribution in [-0.4, -0.2) is 218 Å². The zero-order chi connectivity index (χ0) is 92.5. The van der Waals surface area contributed by atoms with E-state index in [2.05, 4.69) is 26.6 Å². The molecule has 1 aliphatic carbocycles. The van der Waals surface area contributed by atoms with Gasteiger partial charge in [-0.1, -0.05) is 148 Å². The standard InChI is InChI=1S/C95H118N10O22/c1-16-51(4)77(100-91(120)64-31-24-38-104(64)73(112)49-96-70(109)36-41-105-71(110)32-33-72(105)111)93(122)102(14)65(43-50(2)3)92(121)98-63(45-59-29-21-18-22-30-59)66(107)46-60(44-58-27-19-17-20-28-58)90(119)97-61-34-39-103(40-35-61)62-47-67(108)78-69(48-62)126-85-79(99-78)74-75-82(114)55(8)84-76(74)87(117)95(13,127-84)124-42-37-68(123-15)54(7)88(125-57(10)106)94(11,12)86(116)56(9)81(113)52(5)25-23-26-53(6)89(118)101-80(85)83(75)115/h17-23,25-30,32-33,37,42,47-48,50-52,54,56,60-61,63-65,68,77,81,86,88,108,113-114,116H,16,24,31,34-36,38-41,43-46,49H2,1-15H3,(H,96,109)(H,97,119)(H,98,121)(H,100,120)(H,101,118)/b25-23+,42-37+,53-26-/t51-,52-,54+,56+,60+,63-,64-,65-,68-,77-,81-,86+,88+,95-/m0/s1. The van der Waals surface area contributed by atoms with Gasteiger partial charge in [0.15, 0.2) is 17.1 Å². The predicted molar refractivity (Wildman–Crippen MR) is 472 cm³/mol. The summed E-state index contributed by atoms with van der Waals surface area (Å²) in [6.07, 6.45) is 6.59. The average molecular weight is 1750 g/mol. The maximum absolute atomic E-state index is 15.4. The number of fused-ring (bicyclic) bond motifs is 14. The number of carbonyl (C=O) groups is 12. The first-order chi connectivity index (χ1) is 60.2. The molecule has 0 aromatic heterocycles. The fourth-order valence-corrected chi connectivity index (χ4v) is 17.7. The summed E-state index contributed by atoms with van der Waals surface area (Å²) in [6, 6.07) is 16.2. The highest BCUT2D eigenvalue weighted by molar-refractivity contribution is 6.23. The number of benzene rings is 5. The Morgan fingerprint density at radius 3 is 2.09 bits per heavy atom. The zero-order valence-corrected chi connectivity index (χ0v) is 74.6. The number of phenols is 2. The number of piperidine rings is 1. The summed E-state index contributed by atoms with van der Waals surface area (Å²) in [5.41, 5.74) is -1.57. The number of ether oxygens (including phenoxy) is 4. The van der Waals surface area contributed by atoms with Crippen molar-refractivity contribution in [1.29, 1.82) is 0 Å². The Morgan fingerprint density at radius 2 is 1.46 bits per heavy atom. The van der Waals surface area contributed by atoms with E-state index in [4.69, 9.17) is 28.3 Å². The number of esters is 1. The molecule has 9 amide bonds. The highest BCUT2D eigenvalue weighted by Gasteiger charge is 2.52. The molecule has 14 atom stereocenters. The molecule has 0 saturated carbocycles. The van der Waals surface area contributed by atoms with Gasteiger partial charge < -0.3 is 85.1 Å². The molecule has 4 aromatic carbocycles. The predicted octanol–water partition coefficient (Wildman–Crippen LogP) is 8.50. The second-order valence-electron chi connectivity index (χ2n) is 35.4. The summed E-state index contributed by atoms with van der Waals surface area (Å²) in [7, 11) is 2.88.